The quantitative estimate of drug-likeness (QED) is 0.200. The van der Waals surface area contributed by atoms with Gasteiger partial charge in [0.15, 0.2) is 12.5 Å². The molecule has 1 aliphatic heterocycles. The van der Waals surface area contributed by atoms with Crippen LogP contribution in [0, 0.1) is 0 Å². The Bertz CT molecular complexity index is 1210. The van der Waals surface area contributed by atoms with Crippen LogP contribution in [-0.2, 0) is 28.8 Å². The molecule has 1 aliphatic rings. The Morgan fingerprint density at radius 3 is 2.37 bits per heavy atom. The number of oxazole rings is 1. The molecule has 4 rings (SSSR count). The molecule has 1 atom stereocenters. The maximum absolute atomic E-state index is 12.1. The van der Waals surface area contributed by atoms with Crippen molar-refractivity contribution in [3.05, 3.63) is 53.6 Å². The molecule has 2 heterocycles. The zero-order valence-corrected chi connectivity index (χ0v) is 22.7. The minimum atomic E-state index is -0.572. The molecule has 0 aliphatic carbocycles. The van der Waals surface area contributed by atoms with E-state index in [1.807, 2.05) is 24.3 Å². The summed E-state index contributed by atoms with van der Waals surface area (Å²) in [6, 6.07) is 7.97. The molecule has 2 aromatic carbocycles. The Hall–Kier alpha value is -3.68. The van der Waals surface area contributed by atoms with Crippen LogP contribution in [0.4, 0.5) is 0 Å². The van der Waals surface area contributed by atoms with Crippen molar-refractivity contribution in [1.82, 2.24) is 4.98 Å². The lowest BCUT2D eigenvalue weighted by Crippen LogP contribution is -2.32. The highest BCUT2D eigenvalue weighted by molar-refractivity contribution is 5.76. The molecule has 8 nitrogen and oxygen atoms in total. The summed E-state index contributed by atoms with van der Waals surface area (Å²) in [6.45, 7) is 5.24. The molecule has 1 unspecified atom stereocenters. The van der Waals surface area contributed by atoms with Crippen molar-refractivity contribution in [2.45, 2.75) is 64.9 Å². The number of esters is 1. The van der Waals surface area contributed by atoms with Crippen molar-refractivity contribution < 1.29 is 32.9 Å². The SMILES string of the molecule is CCCc1c(OCCCOc2ccc(-c3cocn3)c(OC)c2CCC)ccc2c1OC(C(=O)OC)CC2. The summed E-state index contributed by atoms with van der Waals surface area (Å²) in [5.74, 6) is 2.79. The number of benzene rings is 2. The summed E-state index contributed by atoms with van der Waals surface area (Å²) in [5.41, 5.74) is 4.75. The molecule has 204 valence electrons. The first-order valence-corrected chi connectivity index (χ1v) is 13.3. The van der Waals surface area contributed by atoms with Crippen LogP contribution in [0.3, 0.4) is 0 Å². The number of aromatic nitrogens is 1. The Labute approximate surface area is 224 Å². The molecule has 3 aromatic rings. The summed E-state index contributed by atoms with van der Waals surface area (Å²) in [7, 11) is 3.06. The predicted octanol–water partition coefficient (Wildman–Crippen LogP) is 5.97. The zero-order chi connectivity index (χ0) is 26.9. The van der Waals surface area contributed by atoms with E-state index in [4.69, 9.17) is 28.1 Å². The van der Waals surface area contributed by atoms with Gasteiger partial charge in [0.1, 0.15) is 35.0 Å². The lowest BCUT2D eigenvalue weighted by Gasteiger charge is -2.27. The molecule has 0 radical (unpaired) electrons. The number of rotatable bonds is 13. The van der Waals surface area contributed by atoms with Gasteiger partial charge in [0, 0.05) is 23.1 Å². The van der Waals surface area contributed by atoms with E-state index in [0.29, 0.717) is 26.1 Å². The van der Waals surface area contributed by atoms with Gasteiger partial charge in [0.2, 0.25) is 0 Å². The Kier molecular flexibility index (Phi) is 9.51. The van der Waals surface area contributed by atoms with Crippen LogP contribution in [0.25, 0.3) is 11.3 Å². The number of nitrogens with zero attached hydrogens (tertiary/aromatic N) is 1. The molecule has 0 saturated carbocycles. The van der Waals surface area contributed by atoms with E-state index in [1.54, 1.807) is 13.4 Å². The topological polar surface area (TPSA) is 89.3 Å². The maximum atomic E-state index is 12.1. The molecule has 0 fully saturated rings. The van der Waals surface area contributed by atoms with Gasteiger partial charge in [-0.1, -0.05) is 32.8 Å². The summed E-state index contributed by atoms with van der Waals surface area (Å²) in [4.78, 5) is 16.3. The van der Waals surface area contributed by atoms with Gasteiger partial charge >= 0.3 is 5.97 Å². The molecule has 0 saturated heterocycles. The average molecular weight is 524 g/mol. The van der Waals surface area contributed by atoms with E-state index < -0.39 is 6.10 Å². The smallest absolute Gasteiger partial charge is 0.347 e. The first-order valence-electron chi connectivity index (χ1n) is 13.3. The van der Waals surface area contributed by atoms with Crippen molar-refractivity contribution >= 4 is 5.97 Å². The summed E-state index contributed by atoms with van der Waals surface area (Å²) in [5, 5.41) is 0. The lowest BCUT2D eigenvalue weighted by molar-refractivity contribution is -0.149. The first kappa shape index (κ1) is 27.4. The normalized spacial score (nSPS) is 14.4. The predicted molar refractivity (Wildman–Crippen MR) is 143 cm³/mol. The number of ether oxygens (including phenoxy) is 5. The number of methoxy groups -OCH3 is 2. The van der Waals surface area contributed by atoms with Crippen LogP contribution >= 0.6 is 0 Å². The van der Waals surface area contributed by atoms with E-state index in [1.165, 1.54) is 13.5 Å². The van der Waals surface area contributed by atoms with Gasteiger partial charge in [-0.2, -0.15) is 0 Å². The van der Waals surface area contributed by atoms with Crippen LogP contribution in [0.2, 0.25) is 0 Å². The van der Waals surface area contributed by atoms with Gasteiger partial charge in [0.25, 0.3) is 0 Å². The highest BCUT2D eigenvalue weighted by Gasteiger charge is 2.29. The lowest BCUT2D eigenvalue weighted by atomic mass is 9.96. The second-order valence-electron chi connectivity index (χ2n) is 9.25. The number of carbonyl (C=O) groups is 1. The van der Waals surface area contributed by atoms with Crippen LogP contribution in [0.15, 0.2) is 41.3 Å². The van der Waals surface area contributed by atoms with Crippen molar-refractivity contribution in [2.24, 2.45) is 0 Å². The number of aryl methyl sites for hydroxylation is 1. The fourth-order valence-corrected chi connectivity index (χ4v) is 4.84. The van der Waals surface area contributed by atoms with Crippen LogP contribution in [-0.4, -0.2) is 44.5 Å². The molecular weight excluding hydrogens is 486 g/mol. The molecule has 1 aromatic heterocycles. The fraction of sp³-hybridized carbons (Fsp3) is 0.467. The van der Waals surface area contributed by atoms with Crippen molar-refractivity contribution in [3.8, 4) is 34.3 Å². The molecule has 0 amide bonds. The van der Waals surface area contributed by atoms with Crippen molar-refractivity contribution in [2.75, 3.05) is 27.4 Å². The van der Waals surface area contributed by atoms with E-state index >= 15 is 0 Å². The van der Waals surface area contributed by atoms with Gasteiger partial charge in [-0.05, 0) is 49.4 Å². The third kappa shape index (κ3) is 6.06. The molecule has 0 spiro atoms. The maximum Gasteiger partial charge on any atom is 0.347 e. The van der Waals surface area contributed by atoms with Crippen LogP contribution < -0.4 is 18.9 Å². The number of carbonyl (C=O) groups excluding carboxylic acids is 1. The zero-order valence-electron chi connectivity index (χ0n) is 22.7. The second kappa shape index (κ2) is 13.2. The minimum absolute atomic E-state index is 0.338. The third-order valence-corrected chi connectivity index (χ3v) is 6.63. The molecular formula is C30H37NO7. The van der Waals surface area contributed by atoms with Gasteiger partial charge in [-0.25, -0.2) is 9.78 Å². The average Bonchev–Trinajstić information content (AvgIpc) is 3.48. The molecule has 0 bridgehead atoms. The molecule has 8 heteroatoms. The number of hydrogen-bond donors (Lipinski definition) is 0. The van der Waals surface area contributed by atoms with Crippen LogP contribution in [0.5, 0.6) is 23.0 Å². The van der Waals surface area contributed by atoms with E-state index in [0.717, 1.165) is 83.0 Å². The Balaban J connectivity index is 1.41. The van der Waals surface area contributed by atoms with E-state index in [2.05, 4.69) is 18.8 Å². The monoisotopic (exact) mass is 523 g/mol. The summed E-state index contributed by atoms with van der Waals surface area (Å²) >= 11 is 0. The minimum Gasteiger partial charge on any atom is -0.496 e. The standard InChI is InChI=1S/C30H37NO7/c1-5-8-22-25(13-10-20-11-14-27(30(32)34-4)38-28(20)22)36-16-7-17-37-26-15-12-21(24-18-35-19-31-24)29(33-3)23(26)9-6-2/h10,12-13,15,18-19,27H,5-9,11,14,16-17H2,1-4H3. The fourth-order valence-electron chi connectivity index (χ4n) is 4.84. The molecule has 0 N–H and O–H groups in total. The van der Waals surface area contributed by atoms with Gasteiger partial charge < -0.3 is 28.1 Å². The summed E-state index contributed by atoms with van der Waals surface area (Å²) < 4.78 is 34.3. The first-order chi connectivity index (χ1) is 18.6. The van der Waals surface area contributed by atoms with Gasteiger partial charge in [0.05, 0.1) is 27.4 Å². The number of fused-ring (bicyclic) bond motifs is 1. The van der Waals surface area contributed by atoms with Gasteiger partial charge in [-0.3, -0.25) is 0 Å². The summed E-state index contributed by atoms with van der Waals surface area (Å²) in [6.07, 6.45) is 8.07. The van der Waals surface area contributed by atoms with E-state index in [9.17, 15) is 4.79 Å². The highest BCUT2D eigenvalue weighted by Crippen LogP contribution is 2.40. The third-order valence-electron chi connectivity index (χ3n) is 6.63. The Morgan fingerprint density at radius 1 is 1.00 bits per heavy atom. The van der Waals surface area contributed by atoms with Gasteiger partial charge in [-0.15, -0.1) is 0 Å². The largest absolute Gasteiger partial charge is 0.496 e. The van der Waals surface area contributed by atoms with Crippen LogP contribution in [0.1, 0.15) is 56.2 Å². The van der Waals surface area contributed by atoms with E-state index in [-0.39, 0.29) is 5.97 Å². The van der Waals surface area contributed by atoms with Crippen molar-refractivity contribution in [3.63, 3.8) is 0 Å². The molecule has 38 heavy (non-hydrogen) atoms. The second-order valence-corrected chi connectivity index (χ2v) is 9.25. The number of hydrogen-bond acceptors (Lipinski definition) is 8. The van der Waals surface area contributed by atoms with Crippen molar-refractivity contribution in [1.29, 1.82) is 0 Å². The Morgan fingerprint density at radius 2 is 1.71 bits per heavy atom. The highest BCUT2D eigenvalue weighted by atomic mass is 16.6.